The van der Waals surface area contributed by atoms with Crippen molar-refractivity contribution in [3.63, 3.8) is 0 Å². The number of pyridine rings is 1. The number of ether oxygens (including phenoxy) is 3. The van der Waals surface area contributed by atoms with Crippen molar-refractivity contribution in [3.05, 3.63) is 60.5 Å². The number of nitrogen functional groups attached to an aromatic ring is 1. The number of carbonyl (C=O) groups is 2. The molecule has 2 unspecified atom stereocenters. The van der Waals surface area contributed by atoms with Gasteiger partial charge < -0.3 is 54.5 Å². The lowest BCUT2D eigenvalue weighted by Gasteiger charge is -2.43. The number of rotatable bonds is 15. The van der Waals surface area contributed by atoms with Crippen molar-refractivity contribution in [1.29, 1.82) is 0 Å². The molecule has 1 aromatic carbocycles. The summed E-state index contributed by atoms with van der Waals surface area (Å²) in [7, 11) is 0. The first kappa shape index (κ1) is 42.6. The quantitative estimate of drug-likeness (QED) is 0.133. The Morgan fingerprint density at radius 1 is 0.921 bits per heavy atom. The molecule has 4 aliphatic heterocycles. The Labute approximate surface area is 365 Å². The van der Waals surface area contributed by atoms with Gasteiger partial charge in [-0.3, -0.25) is 9.69 Å². The maximum atomic E-state index is 13.4. The Morgan fingerprint density at radius 2 is 1.68 bits per heavy atom. The molecule has 4 saturated heterocycles. The van der Waals surface area contributed by atoms with Crippen molar-refractivity contribution < 1.29 is 43.6 Å². The van der Waals surface area contributed by atoms with E-state index in [2.05, 4.69) is 47.2 Å². The molecule has 1 amide bonds. The van der Waals surface area contributed by atoms with Crippen molar-refractivity contribution in [2.45, 2.75) is 107 Å². The average Bonchev–Trinajstić information content (AvgIpc) is 3.96. The number of carboxylic acids is 1. The third-order valence-electron chi connectivity index (χ3n) is 13.3. The predicted octanol–water partition coefficient (Wildman–Crippen LogP) is 3.93. The number of fused-ring (bicyclic) bond motifs is 2. The number of β-amino-alcohol motifs (C(OH)–C–C–N with tert-alkyl or cyclic N) is 1. The zero-order valence-electron chi connectivity index (χ0n) is 35.7. The maximum Gasteiger partial charge on any atom is 0.326 e. The topological polar surface area (TPSA) is 226 Å². The van der Waals surface area contributed by atoms with Crippen LogP contribution in [0.15, 0.2) is 59.3 Å². The Kier molecular flexibility index (Phi) is 12.3. The number of piperazine rings is 1. The number of aliphatic hydroxyl groups excluding tert-OH is 1. The number of piperidine rings is 1. The lowest BCUT2D eigenvalue weighted by molar-refractivity contribution is -0.149. The number of nitrogens with two attached hydrogens (primary N) is 1. The molecule has 0 spiro atoms. The normalized spacial score (nSPS) is 25.6. The van der Waals surface area contributed by atoms with Gasteiger partial charge in [0.15, 0.2) is 11.6 Å². The highest BCUT2D eigenvalue weighted by atomic mass is 16.5. The molecular formula is C45H57N9O9. The largest absolute Gasteiger partial charge is 0.507 e. The van der Waals surface area contributed by atoms with Crippen LogP contribution in [-0.2, 0) is 14.3 Å². The van der Waals surface area contributed by atoms with Crippen molar-refractivity contribution in [2.75, 3.05) is 61.4 Å². The van der Waals surface area contributed by atoms with E-state index < -0.39 is 29.9 Å². The predicted molar refractivity (Wildman–Crippen MR) is 231 cm³/mol. The molecule has 18 nitrogen and oxygen atoms in total. The van der Waals surface area contributed by atoms with Crippen LogP contribution in [0.3, 0.4) is 0 Å². The molecule has 5 N–H and O–H groups in total. The summed E-state index contributed by atoms with van der Waals surface area (Å²) in [4.78, 5) is 38.1. The summed E-state index contributed by atoms with van der Waals surface area (Å²) in [6, 6.07) is 14.3. The molecule has 0 radical (unpaired) electrons. The highest BCUT2D eigenvalue weighted by Gasteiger charge is 2.44. The highest BCUT2D eigenvalue weighted by molar-refractivity contribution is 5.88. The van der Waals surface area contributed by atoms with Crippen LogP contribution in [-0.4, -0.2) is 146 Å². The number of aromatic nitrogens is 4. The molecule has 63 heavy (non-hydrogen) atoms. The number of hydrogen-bond acceptors (Lipinski definition) is 16. The maximum absolute atomic E-state index is 13.4. The van der Waals surface area contributed by atoms with E-state index in [1.165, 1.54) is 4.90 Å². The Hall–Kier alpha value is -5.72. The SMILES string of the molecule is CC(C)[C@@H](C(=O)N1C[C@H](O)C[C@H]1C(=O)O)c1cc(OCCN2CCC(O[C@H]3C[C@H](Oc4cc(N5C6CCC5CN(c5cc(-c7ccccc7O)nnc5N)C6)ccn4)C3)CC2)no1. The van der Waals surface area contributed by atoms with Crippen LogP contribution >= 0.6 is 0 Å². The van der Waals surface area contributed by atoms with Gasteiger partial charge in [0.05, 0.1) is 29.7 Å². The number of aliphatic carboxylic acids is 1. The van der Waals surface area contributed by atoms with Crippen LogP contribution < -0.4 is 25.0 Å². The summed E-state index contributed by atoms with van der Waals surface area (Å²) in [6.45, 7) is 8.15. The van der Waals surface area contributed by atoms with Gasteiger partial charge in [-0.15, -0.1) is 10.2 Å². The van der Waals surface area contributed by atoms with Gasteiger partial charge in [-0.2, -0.15) is 0 Å². The van der Waals surface area contributed by atoms with E-state index >= 15 is 0 Å². The smallest absolute Gasteiger partial charge is 0.326 e. The number of benzene rings is 1. The lowest BCUT2D eigenvalue weighted by Crippen LogP contribution is -2.54. The van der Waals surface area contributed by atoms with E-state index in [0.717, 1.165) is 76.1 Å². The van der Waals surface area contributed by atoms with Gasteiger partial charge >= 0.3 is 5.97 Å². The summed E-state index contributed by atoms with van der Waals surface area (Å²) in [5, 5.41) is 42.6. The van der Waals surface area contributed by atoms with Crippen LogP contribution in [0.1, 0.15) is 70.5 Å². The first-order valence-corrected chi connectivity index (χ1v) is 22.2. The highest BCUT2D eigenvalue weighted by Crippen LogP contribution is 2.40. The molecule has 5 atom stereocenters. The number of anilines is 3. The molecule has 1 aliphatic carbocycles. The fraction of sp³-hybridized carbons (Fsp3) is 0.556. The molecule has 7 heterocycles. The number of carbonyl (C=O) groups excluding carboxylic acids is 1. The van der Waals surface area contributed by atoms with Gasteiger partial charge in [-0.1, -0.05) is 26.0 Å². The van der Waals surface area contributed by atoms with E-state index in [-0.39, 0.29) is 48.8 Å². The van der Waals surface area contributed by atoms with Crippen molar-refractivity contribution in [1.82, 2.24) is 30.1 Å². The molecular weight excluding hydrogens is 811 g/mol. The van der Waals surface area contributed by atoms with E-state index in [1.54, 1.807) is 18.2 Å². The monoisotopic (exact) mass is 867 g/mol. The molecule has 18 heteroatoms. The first-order valence-electron chi connectivity index (χ1n) is 22.2. The first-order chi connectivity index (χ1) is 30.5. The Bertz CT molecular complexity index is 2230. The van der Waals surface area contributed by atoms with Gasteiger partial charge in [0.1, 0.15) is 30.4 Å². The Morgan fingerprint density at radius 3 is 2.41 bits per heavy atom. The third kappa shape index (κ3) is 9.20. The van der Waals surface area contributed by atoms with Crippen LogP contribution in [0.4, 0.5) is 17.2 Å². The number of para-hydroxylation sites is 1. The average molecular weight is 868 g/mol. The summed E-state index contributed by atoms with van der Waals surface area (Å²) in [6.07, 6.45) is 7.03. The minimum Gasteiger partial charge on any atom is -0.507 e. The van der Waals surface area contributed by atoms with Crippen molar-refractivity contribution >= 4 is 29.1 Å². The van der Waals surface area contributed by atoms with Crippen molar-refractivity contribution in [2.24, 2.45) is 5.92 Å². The molecule has 9 rings (SSSR count). The number of nitrogens with zero attached hydrogens (tertiary/aromatic N) is 8. The van der Waals surface area contributed by atoms with Gasteiger partial charge in [-0.25, -0.2) is 9.78 Å². The zero-order chi connectivity index (χ0) is 43.8. The number of phenolic OH excluding ortho intramolecular Hbond substituents is 1. The number of hydrogen-bond donors (Lipinski definition) is 4. The standard InChI is InChI=1S/C45H57N9O9/c1-26(2)42(44(57)53-25-30(55)18-37(53)45(58)59)39-22-41(50-63-39)60-16-15-51-13-10-31(11-14-51)61-32-19-33(20-32)62-40-17-27(9-12-47-40)54-28-7-8-29(54)24-52(23-28)36-21-35(48-49-43(36)46)34-5-3-4-6-38(34)56/h3-6,9,12,17,21-22,26,28-33,37,42,55-56H,7-8,10-11,13-16,18-20,23-25H2,1-2H3,(H2,46,49)(H,58,59)/t28?,29?,30-,32-,33-,37+,42-/m1/s1. The number of aromatic hydroxyl groups is 1. The molecule has 5 fully saturated rings. The number of amides is 1. The molecule has 2 bridgehead atoms. The lowest BCUT2D eigenvalue weighted by atomic mass is 9.91. The second kappa shape index (κ2) is 18.2. The molecule has 3 aromatic heterocycles. The molecule has 5 aliphatic rings. The molecule has 336 valence electrons. The fourth-order valence-corrected chi connectivity index (χ4v) is 10.0. The van der Waals surface area contributed by atoms with Gasteiger partial charge in [0.2, 0.25) is 11.8 Å². The molecule has 1 saturated carbocycles. The Balaban J connectivity index is 0.697. The zero-order valence-corrected chi connectivity index (χ0v) is 35.7. The summed E-state index contributed by atoms with van der Waals surface area (Å²) >= 11 is 0. The second-order valence-corrected chi connectivity index (χ2v) is 17.9. The van der Waals surface area contributed by atoms with Gasteiger partial charge in [0.25, 0.3) is 5.88 Å². The number of likely N-dealkylation sites (tertiary alicyclic amines) is 2. The van der Waals surface area contributed by atoms with Crippen LogP contribution in [0.5, 0.6) is 17.5 Å². The minimum absolute atomic E-state index is 0.00268. The van der Waals surface area contributed by atoms with E-state index in [4.69, 9.17) is 24.5 Å². The van der Waals surface area contributed by atoms with E-state index in [9.17, 15) is 24.9 Å². The summed E-state index contributed by atoms with van der Waals surface area (Å²) in [5.41, 5.74) is 9.53. The molecule has 4 aromatic rings. The van der Waals surface area contributed by atoms with Gasteiger partial charge in [0, 0.05) is 100 Å². The number of aliphatic hydroxyl groups is 1. The van der Waals surface area contributed by atoms with Crippen LogP contribution in [0.2, 0.25) is 0 Å². The van der Waals surface area contributed by atoms with Crippen LogP contribution in [0.25, 0.3) is 11.3 Å². The third-order valence-corrected chi connectivity index (χ3v) is 13.3. The fourth-order valence-electron chi connectivity index (χ4n) is 10.0. The van der Waals surface area contributed by atoms with E-state index in [0.29, 0.717) is 54.0 Å². The number of phenols is 1. The van der Waals surface area contributed by atoms with Crippen molar-refractivity contribution in [3.8, 4) is 28.8 Å². The second-order valence-electron chi connectivity index (χ2n) is 17.9. The summed E-state index contributed by atoms with van der Waals surface area (Å²) < 4.78 is 24.3. The summed E-state index contributed by atoms with van der Waals surface area (Å²) in [5.74, 6) is -0.719. The minimum atomic E-state index is -1.14. The number of carboxylic acid groups (broad SMARTS) is 1. The van der Waals surface area contributed by atoms with Crippen LogP contribution in [0, 0.1) is 5.92 Å². The van der Waals surface area contributed by atoms with Gasteiger partial charge in [-0.05, 0) is 61.0 Å². The van der Waals surface area contributed by atoms with E-state index in [1.807, 2.05) is 38.2 Å².